The number of para-hydroxylation sites is 1. The first-order chi connectivity index (χ1) is 19.1. The number of aryl methyl sites for hydroxylation is 1. The Morgan fingerprint density at radius 2 is 1.95 bits per heavy atom. The van der Waals surface area contributed by atoms with Crippen molar-refractivity contribution in [2.75, 3.05) is 18.4 Å². The minimum atomic E-state index is -0.249. The molecule has 2 aromatic heterocycles. The fourth-order valence-corrected chi connectivity index (χ4v) is 5.56. The van der Waals surface area contributed by atoms with Crippen LogP contribution in [0.15, 0.2) is 84.8 Å². The van der Waals surface area contributed by atoms with E-state index in [0.29, 0.717) is 11.6 Å². The summed E-state index contributed by atoms with van der Waals surface area (Å²) in [6.45, 7) is 3.34. The zero-order valence-corrected chi connectivity index (χ0v) is 22.5. The lowest BCUT2D eigenvalue weighted by Crippen LogP contribution is -2.38. The number of fused-ring (bicyclic) bond motifs is 3. The minimum Gasteiger partial charge on any atom is -0.461 e. The number of rotatable bonds is 8. The van der Waals surface area contributed by atoms with Crippen LogP contribution in [0.3, 0.4) is 0 Å². The fourth-order valence-electron chi connectivity index (χ4n) is 5.33. The zero-order chi connectivity index (χ0) is 26.8. The number of hydrogen-bond donors (Lipinski definition) is 2. The maximum Gasteiger partial charge on any atom is 0.228 e. The van der Waals surface area contributed by atoms with Gasteiger partial charge >= 0.3 is 0 Å². The van der Waals surface area contributed by atoms with E-state index >= 15 is 0 Å². The Labute approximate surface area is 232 Å². The summed E-state index contributed by atoms with van der Waals surface area (Å²) in [5.41, 5.74) is 4.43. The van der Waals surface area contributed by atoms with Crippen molar-refractivity contribution in [3.8, 4) is 17.0 Å². The number of nitrogens with one attached hydrogen (secondary N) is 2. The number of hydrogen-bond acceptors (Lipinski definition) is 5. The Morgan fingerprint density at radius 3 is 2.85 bits per heavy atom. The van der Waals surface area contributed by atoms with Crippen LogP contribution in [-0.2, 0) is 4.79 Å². The van der Waals surface area contributed by atoms with E-state index in [9.17, 15) is 4.79 Å². The van der Waals surface area contributed by atoms with Gasteiger partial charge in [0, 0.05) is 46.8 Å². The molecule has 2 aromatic carbocycles. The number of carbonyl (C=O) groups is 1. The lowest BCUT2D eigenvalue weighted by Gasteiger charge is -2.35. The predicted octanol–water partition coefficient (Wildman–Crippen LogP) is 6.30. The number of amides is 1. The van der Waals surface area contributed by atoms with E-state index < -0.39 is 0 Å². The summed E-state index contributed by atoms with van der Waals surface area (Å²) in [5, 5.41) is 11.8. The van der Waals surface area contributed by atoms with Gasteiger partial charge in [-0.1, -0.05) is 60.2 Å². The largest absolute Gasteiger partial charge is 0.461 e. The third-order valence-electron chi connectivity index (χ3n) is 7.33. The lowest BCUT2D eigenvalue weighted by atomic mass is 9.78. The van der Waals surface area contributed by atoms with E-state index in [4.69, 9.17) is 21.3 Å². The smallest absolute Gasteiger partial charge is 0.228 e. The number of benzene rings is 2. The van der Waals surface area contributed by atoms with Crippen molar-refractivity contribution in [2.24, 2.45) is 5.92 Å². The summed E-state index contributed by atoms with van der Waals surface area (Å²) in [4.78, 5) is 18.2. The summed E-state index contributed by atoms with van der Waals surface area (Å²) in [7, 11) is 0. The van der Waals surface area contributed by atoms with Crippen LogP contribution >= 0.6 is 11.6 Å². The second kappa shape index (κ2) is 10.9. The quantitative estimate of drug-likeness (QED) is 0.257. The summed E-state index contributed by atoms with van der Waals surface area (Å²) in [6, 6.07) is 17.5. The van der Waals surface area contributed by atoms with Gasteiger partial charge < -0.3 is 15.4 Å². The van der Waals surface area contributed by atoms with Crippen LogP contribution < -0.4 is 15.4 Å². The molecular weight excluding hydrogens is 510 g/mol. The molecule has 7 nitrogen and oxygen atoms in total. The van der Waals surface area contributed by atoms with Crippen molar-refractivity contribution < 1.29 is 9.53 Å². The van der Waals surface area contributed by atoms with E-state index in [1.807, 2.05) is 84.4 Å². The van der Waals surface area contributed by atoms with Crippen molar-refractivity contribution in [1.82, 2.24) is 19.9 Å². The molecule has 1 aliphatic heterocycles. The summed E-state index contributed by atoms with van der Waals surface area (Å²) >= 11 is 6.45. The Kier molecular flexibility index (Phi) is 7.07. The van der Waals surface area contributed by atoms with Crippen LogP contribution in [0.5, 0.6) is 5.75 Å². The van der Waals surface area contributed by atoms with Crippen molar-refractivity contribution in [1.29, 1.82) is 0 Å². The highest BCUT2D eigenvalue weighted by molar-refractivity contribution is 6.33. The molecule has 2 aliphatic rings. The summed E-state index contributed by atoms with van der Waals surface area (Å²) in [6.07, 6.45) is 10.4. The molecule has 4 aromatic rings. The van der Waals surface area contributed by atoms with Crippen molar-refractivity contribution in [2.45, 2.75) is 32.1 Å². The predicted molar refractivity (Wildman–Crippen MR) is 154 cm³/mol. The molecule has 8 heteroatoms. The minimum absolute atomic E-state index is 0.0329. The van der Waals surface area contributed by atoms with E-state index in [0.717, 1.165) is 71.2 Å². The average molecular weight is 540 g/mol. The maximum absolute atomic E-state index is 13.4. The van der Waals surface area contributed by atoms with Crippen molar-refractivity contribution in [3.63, 3.8) is 0 Å². The van der Waals surface area contributed by atoms with Crippen LogP contribution in [-0.4, -0.2) is 33.6 Å². The van der Waals surface area contributed by atoms with Gasteiger partial charge in [-0.3, -0.25) is 4.79 Å². The number of ether oxygens (including phenoxy) is 1. The van der Waals surface area contributed by atoms with Gasteiger partial charge in [0.05, 0.1) is 17.8 Å². The third-order valence-corrected chi connectivity index (χ3v) is 7.66. The molecule has 0 saturated heterocycles. The molecule has 39 heavy (non-hydrogen) atoms. The molecule has 0 spiro atoms. The number of anilines is 1. The molecule has 0 radical (unpaired) electrons. The van der Waals surface area contributed by atoms with Gasteiger partial charge in [-0.2, -0.15) is 9.61 Å². The van der Waals surface area contributed by atoms with Gasteiger partial charge in [0.25, 0.3) is 0 Å². The van der Waals surface area contributed by atoms with Crippen LogP contribution in [0.25, 0.3) is 16.9 Å². The molecule has 1 amide bonds. The fraction of sp³-hybridized carbons (Fsp3) is 0.258. The van der Waals surface area contributed by atoms with Crippen LogP contribution in [0.2, 0.25) is 5.02 Å². The molecule has 3 heterocycles. The highest BCUT2D eigenvalue weighted by Gasteiger charge is 2.39. The van der Waals surface area contributed by atoms with Crippen LogP contribution in [0, 0.1) is 12.8 Å². The molecule has 6 rings (SSSR count). The standard InChI is InChI=1S/C31H30ClN5O2/c1-20-19-35-37-28(18-25(36-30(20)37)21-10-2-5-13-24(21)32)33-16-8-9-17-34-31(38)29-22-11-3-6-14-26(22)39-27-15-7-4-12-23(27)29/h2-7,10-11,13-15,18-19,23,29,33H,8-9,12,16-17H2,1H3,(H,34,38). The number of aromatic nitrogens is 3. The van der Waals surface area contributed by atoms with E-state index in [-0.39, 0.29) is 17.7 Å². The number of carbonyl (C=O) groups excluding carboxylic acids is 1. The van der Waals surface area contributed by atoms with Crippen LogP contribution in [0.4, 0.5) is 5.82 Å². The topological polar surface area (TPSA) is 80.5 Å². The van der Waals surface area contributed by atoms with Gasteiger partial charge in [0.15, 0.2) is 5.65 Å². The number of allylic oxidation sites excluding steroid dienone is 4. The highest BCUT2D eigenvalue weighted by Crippen LogP contribution is 2.44. The first kappa shape index (κ1) is 25.2. The van der Waals surface area contributed by atoms with Crippen molar-refractivity contribution >= 4 is 29.0 Å². The molecule has 2 N–H and O–H groups in total. The third kappa shape index (κ3) is 5.02. The van der Waals surface area contributed by atoms with Crippen LogP contribution in [0.1, 0.15) is 36.3 Å². The molecule has 0 saturated carbocycles. The summed E-state index contributed by atoms with van der Waals surface area (Å²) < 4.78 is 7.92. The highest BCUT2D eigenvalue weighted by atomic mass is 35.5. The second-order valence-electron chi connectivity index (χ2n) is 9.95. The molecule has 2 unspecified atom stereocenters. The SMILES string of the molecule is Cc1cnn2c(NCCCCNC(=O)C3c4ccccc4OC4=CC=CCC43)cc(-c3ccccc3Cl)nc12. The maximum atomic E-state index is 13.4. The Bertz CT molecular complexity index is 1590. The zero-order valence-electron chi connectivity index (χ0n) is 21.7. The van der Waals surface area contributed by atoms with Gasteiger partial charge in [0.1, 0.15) is 17.3 Å². The number of unbranched alkanes of at least 4 members (excludes halogenated alkanes) is 1. The van der Waals surface area contributed by atoms with Gasteiger partial charge in [-0.25, -0.2) is 4.98 Å². The molecule has 0 fully saturated rings. The summed E-state index contributed by atoms with van der Waals surface area (Å²) in [5.74, 6) is 2.33. The Morgan fingerprint density at radius 1 is 1.13 bits per heavy atom. The Hall–Kier alpha value is -4.10. The molecule has 1 aliphatic carbocycles. The van der Waals surface area contributed by atoms with Gasteiger partial charge in [0.2, 0.25) is 5.91 Å². The molecule has 2 atom stereocenters. The Balaban J connectivity index is 1.08. The lowest BCUT2D eigenvalue weighted by molar-refractivity contribution is -0.124. The monoisotopic (exact) mass is 539 g/mol. The average Bonchev–Trinajstić information content (AvgIpc) is 3.34. The molecule has 0 bridgehead atoms. The molecule has 198 valence electrons. The van der Waals surface area contributed by atoms with E-state index in [2.05, 4.69) is 21.8 Å². The number of nitrogens with zero attached hydrogens (tertiary/aromatic N) is 3. The first-order valence-corrected chi connectivity index (χ1v) is 13.7. The normalized spacial score (nSPS) is 17.6. The second-order valence-corrected chi connectivity index (χ2v) is 10.4. The van der Waals surface area contributed by atoms with E-state index in [1.165, 1.54) is 0 Å². The van der Waals surface area contributed by atoms with Gasteiger partial charge in [-0.15, -0.1) is 0 Å². The van der Waals surface area contributed by atoms with Gasteiger partial charge in [-0.05, 0) is 44.4 Å². The van der Waals surface area contributed by atoms with Crippen molar-refractivity contribution in [3.05, 3.63) is 101 Å². The number of halogens is 1. The first-order valence-electron chi connectivity index (χ1n) is 13.4. The molecular formula is C31H30ClN5O2. The van der Waals surface area contributed by atoms with E-state index in [1.54, 1.807) is 0 Å².